The maximum Gasteiger partial charge on any atom is 0.254 e. The van der Waals surface area contributed by atoms with E-state index in [0.29, 0.717) is 5.56 Å². The lowest BCUT2D eigenvalue weighted by atomic mass is 10.1. The van der Waals surface area contributed by atoms with Crippen LogP contribution in [0.15, 0.2) is 23.7 Å². The Labute approximate surface area is 109 Å². The van der Waals surface area contributed by atoms with Gasteiger partial charge in [0.15, 0.2) is 0 Å². The zero-order valence-electron chi connectivity index (χ0n) is 9.87. The van der Waals surface area contributed by atoms with E-state index in [0.717, 1.165) is 29.6 Å². The Kier molecular flexibility index (Phi) is 3.01. The Balaban J connectivity index is 1.91. The molecule has 1 aliphatic heterocycles. The zero-order valence-corrected chi connectivity index (χ0v) is 10.7. The number of carbonyl (C=O) groups excluding carboxylic acids is 1. The molecular weight excluding hydrogens is 248 g/mol. The lowest BCUT2D eigenvalue weighted by molar-refractivity contribution is 0.0678. The Morgan fingerprint density at radius 3 is 3.28 bits per heavy atom. The van der Waals surface area contributed by atoms with Gasteiger partial charge in [-0.3, -0.25) is 4.79 Å². The predicted octanol–water partition coefficient (Wildman–Crippen LogP) is 1.89. The van der Waals surface area contributed by atoms with Gasteiger partial charge in [-0.25, -0.2) is 4.98 Å². The highest BCUT2D eigenvalue weighted by Crippen LogP contribution is 2.23. The number of rotatable bonds is 2. The van der Waals surface area contributed by atoms with Crippen molar-refractivity contribution in [2.45, 2.75) is 18.9 Å². The fourth-order valence-corrected chi connectivity index (χ4v) is 3.16. The number of aromatic nitrogens is 1. The van der Waals surface area contributed by atoms with E-state index in [-0.39, 0.29) is 18.6 Å². The minimum absolute atomic E-state index is 0.0156. The van der Waals surface area contributed by atoms with Gasteiger partial charge in [-0.15, -0.1) is 11.3 Å². The lowest BCUT2D eigenvalue weighted by Crippen LogP contribution is -2.37. The van der Waals surface area contributed by atoms with Crippen LogP contribution in [0.5, 0.6) is 0 Å². The van der Waals surface area contributed by atoms with Crippen molar-refractivity contribution in [3.8, 4) is 0 Å². The molecule has 5 heteroatoms. The van der Waals surface area contributed by atoms with Gasteiger partial charge in [0, 0.05) is 12.1 Å². The Morgan fingerprint density at radius 1 is 1.56 bits per heavy atom. The molecule has 0 aliphatic carbocycles. The molecule has 3 rings (SSSR count). The lowest BCUT2D eigenvalue weighted by Gasteiger charge is -2.23. The summed E-state index contributed by atoms with van der Waals surface area (Å²) in [7, 11) is 0. The number of fused-ring (bicyclic) bond motifs is 1. The van der Waals surface area contributed by atoms with Crippen molar-refractivity contribution in [2.24, 2.45) is 0 Å². The van der Waals surface area contributed by atoms with Crippen LogP contribution in [0.4, 0.5) is 0 Å². The van der Waals surface area contributed by atoms with Gasteiger partial charge < -0.3 is 10.0 Å². The van der Waals surface area contributed by atoms with Crippen LogP contribution in [-0.2, 0) is 0 Å². The first-order valence-electron chi connectivity index (χ1n) is 6.04. The topological polar surface area (TPSA) is 53.4 Å². The van der Waals surface area contributed by atoms with Gasteiger partial charge in [0.1, 0.15) is 0 Å². The van der Waals surface area contributed by atoms with Crippen molar-refractivity contribution >= 4 is 27.5 Å². The van der Waals surface area contributed by atoms with E-state index in [9.17, 15) is 9.90 Å². The van der Waals surface area contributed by atoms with Crippen molar-refractivity contribution in [2.75, 3.05) is 13.2 Å². The quantitative estimate of drug-likeness (QED) is 0.899. The van der Waals surface area contributed by atoms with Crippen LogP contribution in [-0.4, -0.2) is 40.1 Å². The molecule has 1 aromatic heterocycles. The summed E-state index contributed by atoms with van der Waals surface area (Å²) < 4.78 is 1.03. The second kappa shape index (κ2) is 4.66. The molecule has 1 atom stereocenters. The molecule has 0 saturated carbocycles. The summed E-state index contributed by atoms with van der Waals surface area (Å²) in [4.78, 5) is 18.4. The summed E-state index contributed by atoms with van der Waals surface area (Å²) in [5.74, 6) is 0.0156. The molecule has 0 bridgehead atoms. The third kappa shape index (κ3) is 1.89. The molecule has 1 aliphatic rings. The highest BCUT2D eigenvalue weighted by atomic mass is 32.1. The number of aliphatic hydroxyl groups excluding tert-OH is 1. The third-order valence-electron chi connectivity index (χ3n) is 3.43. The first-order chi connectivity index (χ1) is 8.79. The molecule has 0 unspecified atom stereocenters. The minimum atomic E-state index is -0.0188. The Hall–Kier alpha value is -1.46. The number of hydrogen-bond donors (Lipinski definition) is 1. The third-order valence-corrected chi connectivity index (χ3v) is 4.22. The fraction of sp³-hybridized carbons (Fsp3) is 0.385. The van der Waals surface area contributed by atoms with Crippen molar-refractivity contribution < 1.29 is 9.90 Å². The van der Waals surface area contributed by atoms with Crippen molar-refractivity contribution in [3.05, 3.63) is 29.3 Å². The van der Waals surface area contributed by atoms with Crippen molar-refractivity contribution in [3.63, 3.8) is 0 Å². The summed E-state index contributed by atoms with van der Waals surface area (Å²) in [6, 6.07) is 5.57. The van der Waals surface area contributed by atoms with E-state index < -0.39 is 0 Å². The molecule has 0 radical (unpaired) electrons. The van der Waals surface area contributed by atoms with Gasteiger partial charge >= 0.3 is 0 Å². The Bertz CT molecular complexity index is 581. The predicted molar refractivity (Wildman–Crippen MR) is 70.8 cm³/mol. The van der Waals surface area contributed by atoms with Crippen LogP contribution in [0, 0.1) is 0 Å². The van der Waals surface area contributed by atoms with Crippen LogP contribution in [0.3, 0.4) is 0 Å². The highest BCUT2D eigenvalue weighted by Gasteiger charge is 2.28. The number of thiazole rings is 1. The molecule has 1 amide bonds. The van der Waals surface area contributed by atoms with Crippen LogP contribution >= 0.6 is 11.3 Å². The number of amides is 1. The molecule has 1 aromatic carbocycles. The summed E-state index contributed by atoms with van der Waals surface area (Å²) >= 11 is 1.54. The van der Waals surface area contributed by atoms with Crippen LogP contribution in [0.1, 0.15) is 23.2 Å². The smallest absolute Gasteiger partial charge is 0.254 e. The second-order valence-corrected chi connectivity index (χ2v) is 5.40. The van der Waals surface area contributed by atoms with Gasteiger partial charge in [0.05, 0.1) is 28.4 Å². The molecular formula is C13H14N2O2S. The molecule has 18 heavy (non-hydrogen) atoms. The molecule has 1 fully saturated rings. The summed E-state index contributed by atoms with van der Waals surface area (Å²) in [5, 5.41) is 9.27. The second-order valence-electron chi connectivity index (χ2n) is 4.51. The molecule has 1 N–H and O–H groups in total. The number of carbonyl (C=O) groups is 1. The van der Waals surface area contributed by atoms with Gasteiger partial charge in [-0.05, 0) is 31.0 Å². The minimum Gasteiger partial charge on any atom is -0.394 e. The number of likely N-dealkylation sites (tertiary alicyclic amines) is 1. The van der Waals surface area contributed by atoms with E-state index in [4.69, 9.17) is 0 Å². The fourth-order valence-electron chi connectivity index (χ4n) is 2.45. The van der Waals surface area contributed by atoms with Crippen LogP contribution < -0.4 is 0 Å². The maximum atomic E-state index is 12.4. The number of aliphatic hydroxyl groups is 1. The van der Waals surface area contributed by atoms with Crippen LogP contribution in [0.2, 0.25) is 0 Å². The van der Waals surface area contributed by atoms with Crippen molar-refractivity contribution in [1.29, 1.82) is 0 Å². The number of hydrogen-bond acceptors (Lipinski definition) is 4. The Morgan fingerprint density at radius 2 is 2.44 bits per heavy atom. The van der Waals surface area contributed by atoms with Crippen molar-refractivity contribution in [1.82, 2.24) is 9.88 Å². The summed E-state index contributed by atoms with van der Waals surface area (Å²) in [6.07, 6.45) is 1.87. The van der Waals surface area contributed by atoms with Crippen LogP contribution in [0.25, 0.3) is 10.2 Å². The van der Waals surface area contributed by atoms with E-state index in [1.165, 1.54) is 11.3 Å². The summed E-state index contributed by atoms with van der Waals surface area (Å²) in [6.45, 7) is 0.791. The molecule has 0 spiro atoms. The molecule has 4 nitrogen and oxygen atoms in total. The van der Waals surface area contributed by atoms with Gasteiger partial charge in [-0.2, -0.15) is 0 Å². The van der Waals surface area contributed by atoms with E-state index in [1.807, 2.05) is 18.2 Å². The molecule has 1 saturated heterocycles. The first-order valence-corrected chi connectivity index (χ1v) is 6.92. The van der Waals surface area contributed by atoms with Gasteiger partial charge in [0.2, 0.25) is 0 Å². The largest absolute Gasteiger partial charge is 0.394 e. The normalized spacial score (nSPS) is 19.6. The molecule has 2 heterocycles. The summed E-state index contributed by atoms with van der Waals surface area (Å²) in [5.41, 5.74) is 3.40. The molecule has 2 aromatic rings. The average Bonchev–Trinajstić information content (AvgIpc) is 3.05. The highest BCUT2D eigenvalue weighted by molar-refractivity contribution is 7.16. The SMILES string of the molecule is O=C(c1ccc2ncsc2c1)N1CCC[C@@H]1CO. The average molecular weight is 262 g/mol. The monoisotopic (exact) mass is 262 g/mol. The molecule has 94 valence electrons. The maximum absolute atomic E-state index is 12.4. The van der Waals surface area contributed by atoms with E-state index in [2.05, 4.69) is 4.98 Å². The number of nitrogens with zero attached hydrogens (tertiary/aromatic N) is 2. The number of benzene rings is 1. The van der Waals surface area contributed by atoms with Gasteiger partial charge in [-0.1, -0.05) is 0 Å². The zero-order chi connectivity index (χ0) is 12.5. The van der Waals surface area contributed by atoms with E-state index >= 15 is 0 Å². The first kappa shape index (κ1) is 11.6. The standard InChI is InChI=1S/C13H14N2O2S/c16-7-10-2-1-5-15(10)13(17)9-3-4-11-12(6-9)18-8-14-11/h3-4,6,8,10,16H,1-2,5,7H2/t10-/m1/s1. The van der Waals surface area contributed by atoms with Gasteiger partial charge in [0.25, 0.3) is 5.91 Å². The van der Waals surface area contributed by atoms with E-state index in [1.54, 1.807) is 10.4 Å².